The van der Waals surface area contributed by atoms with Crippen LogP contribution in [0.15, 0.2) is 48.5 Å². The third-order valence-corrected chi connectivity index (χ3v) is 7.28. The van der Waals surface area contributed by atoms with E-state index in [9.17, 15) is 15.0 Å². The van der Waals surface area contributed by atoms with Crippen LogP contribution in [0, 0.1) is 5.92 Å². The molecule has 2 fully saturated rings. The van der Waals surface area contributed by atoms with Crippen LogP contribution in [0.4, 0.5) is 5.69 Å². The Hall–Kier alpha value is -2.77. The van der Waals surface area contributed by atoms with Gasteiger partial charge in [-0.05, 0) is 43.9 Å². The standard InChI is InChI=1S/C23H31N3O4.C6H12/c1-23(2,29)21(24)22(28)26-12-11-25(17-9-10-20(30-3)19(27)14-17)15-18(26)13-16-7-5-4-6-8-16;1-6-4-2-3-5-6/h4-10,14,18,21,27,29H,11-13,15,24H2,1-3H3;6H,2-5H2,1H3/t18-,21+;/m0./s1. The topological polar surface area (TPSA) is 99.3 Å². The second-order valence-electron chi connectivity index (χ2n) is 10.7. The molecule has 4 N–H and O–H groups in total. The zero-order valence-electron chi connectivity index (χ0n) is 22.2. The van der Waals surface area contributed by atoms with Gasteiger partial charge in [0.05, 0.1) is 18.8 Å². The number of hydrogen-bond donors (Lipinski definition) is 3. The van der Waals surface area contributed by atoms with Gasteiger partial charge in [0.15, 0.2) is 11.5 Å². The summed E-state index contributed by atoms with van der Waals surface area (Å²) in [7, 11) is 1.51. The summed E-state index contributed by atoms with van der Waals surface area (Å²) >= 11 is 0. The quantitative estimate of drug-likeness (QED) is 0.559. The lowest BCUT2D eigenvalue weighted by atomic mass is 9.95. The van der Waals surface area contributed by atoms with E-state index >= 15 is 0 Å². The lowest BCUT2D eigenvalue weighted by molar-refractivity contribution is -0.140. The van der Waals surface area contributed by atoms with Crippen molar-refractivity contribution in [1.82, 2.24) is 4.90 Å². The number of carbonyl (C=O) groups is 1. The molecular formula is C29H43N3O4. The van der Waals surface area contributed by atoms with E-state index in [4.69, 9.17) is 10.5 Å². The molecule has 0 aromatic heterocycles. The molecule has 1 saturated heterocycles. The zero-order valence-corrected chi connectivity index (χ0v) is 22.2. The average molecular weight is 498 g/mol. The predicted octanol–water partition coefficient (Wildman–Crippen LogP) is 3.96. The van der Waals surface area contributed by atoms with Crippen LogP contribution in [0.5, 0.6) is 11.5 Å². The first-order valence-corrected chi connectivity index (χ1v) is 13.0. The minimum absolute atomic E-state index is 0.0807. The highest BCUT2D eigenvalue weighted by molar-refractivity contribution is 5.83. The summed E-state index contributed by atoms with van der Waals surface area (Å²) in [4.78, 5) is 17.0. The molecule has 4 rings (SSSR count). The third-order valence-electron chi connectivity index (χ3n) is 7.28. The molecule has 7 nitrogen and oxygen atoms in total. The van der Waals surface area contributed by atoms with Gasteiger partial charge in [-0.15, -0.1) is 0 Å². The number of aliphatic hydroxyl groups is 1. The molecular weight excluding hydrogens is 454 g/mol. The molecule has 2 aromatic carbocycles. The number of anilines is 1. The van der Waals surface area contributed by atoms with Gasteiger partial charge < -0.3 is 30.5 Å². The molecule has 2 atom stereocenters. The van der Waals surface area contributed by atoms with Crippen LogP contribution in [0.25, 0.3) is 0 Å². The van der Waals surface area contributed by atoms with Crippen molar-refractivity contribution in [3.8, 4) is 11.5 Å². The van der Waals surface area contributed by atoms with Gasteiger partial charge in [0.25, 0.3) is 0 Å². The second-order valence-corrected chi connectivity index (χ2v) is 10.7. The minimum atomic E-state index is -1.30. The number of benzene rings is 2. The number of nitrogens with zero attached hydrogens (tertiary/aromatic N) is 2. The Labute approximate surface area is 215 Å². The van der Waals surface area contributed by atoms with Crippen LogP contribution in [-0.2, 0) is 11.2 Å². The summed E-state index contributed by atoms with van der Waals surface area (Å²) in [6, 6.07) is 14.2. The van der Waals surface area contributed by atoms with Crippen molar-refractivity contribution >= 4 is 11.6 Å². The summed E-state index contributed by atoms with van der Waals surface area (Å²) in [5.41, 5.74) is 6.77. The number of methoxy groups -OCH3 is 1. The van der Waals surface area contributed by atoms with Crippen molar-refractivity contribution in [2.45, 2.75) is 70.6 Å². The smallest absolute Gasteiger partial charge is 0.242 e. The van der Waals surface area contributed by atoms with E-state index in [-0.39, 0.29) is 17.7 Å². The second kappa shape index (κ2) is 12.5. The van der Waals surface area contributed by atoms with E-state index in [1.807, 2.05) is 36.4 Å². The summed E-state index contributed by atoms with van der Waals surface area (Å²) in [6.07, 6.45) is 6.62. The van der Waals surface area contributed by atoms with Crippen LogP contribution in [-0.4, -0.2) is 65.4 Å². The zero-order chi connectivity index (χ0) is 26.3. The molecule has 7 heteroatoms. The van der Waals surface area contributed by atoms with Gasteiger partial charge in [-0.3, -0.25) is 4.79 Å². The van der Waals surface area contributed by atoms with Crippen LogP contribution >= 0.6 is 0 Å². The Morgan fingerprint density at radius 1 is 1.14 bits per heavy atom. The van der Waals surface area contributed by atoms with E-state index in [1.165, 1.54) is 32.8 Å². The largest absolute Gasteiger partial charge is 0.504 e. The number of amides is 1. The number of nitrogens with two attached hydrogens (primary N) is 1. The number of aromatic hydroxyl groups is 1. The summed E-state index contributed by atoms with van der Waals surface area (Å²) in [6.45, 7) is 7.11. The van der Waals surface area contributed by atoms with Crippen LogP contribution in [0.1, 0.15) is 52.0 Å². The molecule has 1 heterocycles. The number of hydrogen-bond acceptors (Lipinski definition) is 6. The number of piperazine rings is 1. The van der Waals surface area contributed by atoms with Gasteiger partial charge in [-0.1, -0.05) is 62.9 Å². The molecule has 198 valence electrons. The van der Waals surface area contributed by atoms with Gasteiger partial charge in [0, 0.05) is 31.4 Å². The maximum absolute atomic E-state index is 13.1. The number of ether oxygens (including phenoxy) is 1. The third kappa shape index (κ3) is 7.37. The Morgan fingerprint density at radius 3 is 2.33 bits per heavy atom. The van der Waals surface area contributed by atoms with Gasteiger partial charge in [0.2, 0.25) is 5.91 Å². The van der Waals surface area contributed by atoms with Gasteiger partial charge in [0.1, 0.15) is 6.04 Å². The van der Waals surface area contributed by atoms with Crippen molar-refractivity contribution < 1.29 is 19.7 Å². The number of phenolic OH excluding ortho intramolecular Hbond substituents is 1. The molecule has 1 aliphatic heterocycles. The molecule has 0 spiro atoms. The van der Waals surface area contributed by atoms with Crippen LogP contribution in [0.3, 0.4) is 0 Å². The molecule has 1 aliphatic carbocycles. The first-order chi connectivity index (χ1) is 17.1. The number of rotatable bonds is 6. The molecule has 1 saturated carbocycles. The van der Waals surface area contributed by atoms with Gasteiger partial charge >= 0.3 is 0 Å². The first kappa shape index (κ1) is 27.8. The lowest BCUT2D eigenvalue weighted by Gasteiger charge is -2.44. The predicted molar refractivity (Wildman–Crippen MR) is 144 cm³/mol. The molecule has 2 aromatic rings. The molecule has 36 heavy (non-hydrogen) atoms. The number of phenols is 1. The normalized spacial score (nSPS) is 19.4. The van der Waals surface area contributed by atoms with Crippen molar-refractivity contribution in [3.63, 3.8) is 0 Å². The maximum atomic E-state index is 13.1. The summed E-state index contributed by atoms with van der Waals surface area (Å²) in [5.74, 6) is 1.30. The fourth-order valence-electron chi connectivity index (χ4n) is 4.93. The van der Waals surface area contributed by atoms with Crippen molar-refractivity contribution in [2.75, 3.05) is 31.6 Å². The Kier molecular flexibility index (Phi) is 9.63. The molecule has 2 aliphatic rings. The van der Waals surface area contributed by atoms with E-state index in [0.29, 0.717) is 31.8 Å². The highest BCUT2D eigenvalue weighted by Crippen LogP contribution is 2.32. The van der Waals surface area contributed by atoms with E-state index < -0.39 is 11.6 Å². The van der Waals surface area contributed by atoms with Crippen LogP contribution < -0.4 is 15.4 Å². The molecule has 0 bridgehead atoms. The van der Waals surface area contributed by atoms with Crippen LogP contribution in [0.2, 0.25) is 0 Å². The Bertz CT molecular complexity index is 970. The molecule has 0 unspecified atom stereocenters. The fourth-order valence-corrected chi connectivity index (χ4v) is 4.93. The Morgan fingerprint density at radius 2 is 1.81 bits per heavy atom. The van der Waals surface area contributed by atoms with Crippen molar-refractivity contribution in [3.05, 3.63) is 54.1 Å². The van der Waals surface area contributed by atoms with Crippen molar-refractivity contribution in [1.29, 1.82) is 0 Å². The van der Waals surface area contributed by atoms with E-state index in [0.717, 1.165) is 17.2 Å². The van der Waals surface area contributed by atoms with Crippen molar-refractivity contribution in [2.24, 2.45) is 11.7 Å². The molecule has 1 amide bonds. The average Bonchev–Trinajstić information content (AvgIpc) is 3.34. The molecule has 0 radical (unpaired) electrons. The highest BCUT2D eigenvalue weighted by Gasteiger charge is 2.38. The summed E-state index contributed by atoms with van der Waals surface area (Å²) in [5, 5.41) is 20.4. The van der Waals surface area contributed by atoms with Gasteiger partial charge in [-0.25, -0.2) is 0 Å². The van der Waals surface area contributed by atoms with E-state index in [2.05, 4.69) is 11.8 Å². The lowest BCUT2D eigenvalue weighted by Crippen LogP contribution is -2.62. The summed E-state index contributed by atoms with van der Waals surface area (Å²) < 4.78 is 5.14. The SMILES string of the molecule is CC1CCCC1.COc1ccc(N2CCN(C(=O)[C@@H](N)C(C)(C)O)[C@@H](Cc3ccccc3)C2)cc1O. The first-order valence-electron chi connectivity index (χ1n) is 13.0. The number of carbonyl (C=O) groups excluding carboxylic acids is 1. The monoisotopic (exact) mass is 497 g/mol. The highest BCUT2D eigenvalue weighted by atomic mass is 16.5. The fraction of sp³-hybridized carbons (Fsp3) is 0.552. The van der Waals surface area contributed by atoms with E-state index in [1.54, 1.807) is 30.9 Å². The minimum Gasteiger partial charge on any atom is -0.504 e. The maximum Gasteiger partial charge on any atom is 0.242 e. The Balaban J connectivity index is 0.000000526. The van der Waals surface area contributed by atoms with Gasteiger partial charge in [-0.2, -0.15) is 0 Å².